The summed E-state index contributed by atoms with van der Waals surface area (Å²) in [6.07, 6.45) is 0.430. The zero-order valence-electron chi connectivity index (χ0n) is 20.5. The predicted molar refractivity (Wildman–Crippen MR) is 142 cm³/mol. The number of hydrogen-bond donors (Lipinski definition) is 1. The van der Waals surface area contributed by atoms with Crippen molar-refractivity contribution in [1.82, 2.24) is 10.2 Å². The molecule has 35 heavy (non-hydrogen) atoms. The van der Waals surface area contributed by atoms with Gasteiger partial charge >= 0.3 is 0 Å². The molecule has 1 N–H and O–H groups in total. The first-order chi connectivity index (χ1) is 16.8. The highest BCUT2D eigenvalue weighted by molar-refractivity contribution is 7.99. The van der Waals surface area contributed by atoms with Gasteiger partial charge in [0.2, 0.25) is 11.8 Å². The van der Waals surface area contributed by atoms with E-state index in [1.807, 2.05) is 75.4 Å². The van der Waals surface area contributed by atoms with Crippen molar-refractivity contribution in [2.24, 2.45) is 0 Å². The number of amides is 2. The summed E-state index contributed by atoms with van der Waals surface area (Å²) in [5, 5.41) is 3.01. The Morgan fingerprint density at radius 3 is 2.23 bits per heavy atom. The Morgan fingerprint density at radius 1 is 0.914 bits per heavy atom. The molecule has 1 atom stereocenters. The molecule has 0 spiro atoms. The van der Waals surface area contributed by atoms with E-state index in [0.29, 0.717) is 18.7 Å². The summed E-state index contributed by atoms with van der Waals surface area (Å²) in [6.45, 7) is 6.21. The Kier molecular flexibility index (Phi) is 9.91. The fraction of sp³-hybridized carbons (Fsp3) is 0.310. The first kappa shape index (κ1) is 26.5. The Balaban J connectivity index is 1.85. The smallest absolute Gasteiger partial charge is 0.243 e. The number of nitrogens with one attached hydrogen (secondary N) is 1. The van der Waals surface area contributed by atoms with E-state index in [4.69, 9.17) is 0 Å². The van der Waals surface area contributed by atoms with Gasteiger partial charge in [-0.1, -0.05) is 66.7 Å². The number of thioether (sulfide) groups is 1. The Bertz CT molecular complexity index is 1100. The molecule has 2 amide bonds. The summed E-state index contributed by atoms with van der Waals surface area (Å²) in [5.74, 6) is 0.281. The maximum absolute atomic E-state index is 13.6. The molecule has 0 aromatic heterocycles. The van der Waals surface area contributed by atoms with Crippen LogP contribution in [0.2, 0.25) is 0 Å². The minimum atomic E-state index is -0.640. The van der Waals surface area contributed by atoms with Gasteiger partial charge in [0.05, 0.1) is 5.75 Å². The number of benzene rings is 3. The fourth-order valence-electron chi connectivity index (χ4n) is 3.83. The third kappa shape index (κ3) is 8.25. The monoisotopic (exact) mass is 492 g/mol. The van der Waals surface area contributed by atoms with Gasteiger partial charge in [0.25, 0.3) is 0 Å². The zero-order valence-corrected chi connectivity index (χ0v) is 21.4. The lowest BCUT2D eigenvalue weighted by Crippen LogP contribution is -2.52. The largest absolute Gasteiger partial charge is 0.352 e. The van der Waals surface area contributed by atoms with Crippen molar-refractivity contribution in [1.29, 1.82) is 0 Å². The summed E-state index contributed by atoms with van der Waals surface area (Å²) in [7, 11) is 0. The van der Waals surface area contributed by atoms with Crippen LogP contribution in [-0.2, 0) is 28.3 Å². The van der Waals surface area contributed by atoms with Crippen LogP contribution >= 0.6 is 11.8 Å². The highest BCUT2D eigenvalue weighted by Gasteiger charge is 2.30. The predicted octanol–water partition coefficient (Wildman–Crippen LogP) is 5.53. The Morgan fingerprint density at radius 2 is 1.57 bits per heavy atom. The van der Waals surface area contributed by atoms with Crippen LogP contribution in [-0.4, -0.2) is 34.6 Å². The molecule has 0 aliphatic carbocycles. The summed E-state index contributed by atoms with van der Waals surface area (Å²) < 4.78 is 13.2. The summed E-state index contributed by atoms with van der Waals surface area (Å²) >= 11 is 1.47. The van der Waals surface area contributed by atoms with E-state index in [1.54, 1.807) is 17.0 Å². The van der Waals surface area contributed by atoms with E-state index < -0.39 is 6.04 Å². The molecule has 3 aromatic rings. The summed E-state index contributed by atoms with van der Waals surface area (Å²) in [6, 6.07) is 23.4. The Labute approximate surface area is 211 Å². The summed E-state index contributed by atoms with van der Waals surface area (Å²) in [5.41, 5.74) is 4.04. The van der Waals surface area contributed by atoms with Gasteiger partial charge in [-0.05, 0) is 55.2 Å². The van der Waals surface area contributed by atoms with Crippen LogP contribution in [0.25, 0.3) is 0 Å². The minimum absolute atomic E-state index is 0.0379. The van der Waals surface area contributed by atoms with E-state index in [9.17, 15) is 14.0 Å². The molecule has 184 valence electrons. The second-order valence-electron chi connectivity index (χ2n) is 8.94. The number of aryl methyl sites for hydroxylation is 1. The lowest BCUT2D eigenvalue weighted by molar-refractivity contribution is -0.139. The number of carbonyl (C=O) groups excluding carboxylic acids is 2. The van der Waals surface area contributed by atoms with Gasteiger partial charge < -0.3 is 10.2 Å². The molecule has 3 rings (SSSR count). The third-order valence-corrected chi connectivity index (χ3v) is 6.70. The van der Waals surface area contributed by atoms with Crippen molar-refractivity contribution in [3.63, 3.8) is 0 Å². The van der Waals surface area contributed by atoms with E-state index >= 15 is 0 Å². The van der Waals surface area contributed by atoms with Gasteiger partial charge in [0.1, 0.15) is 11.9 Å². The van der Waals surface area contributed by atoms with Gasteiger partial charge in [-0.3, -0.25) is 9.59 Å². The van der Waals surface area contributed by atoms with Gasteiger partial charge in [-0.25, -0.2) is 4.39 Å². The minimum Gasteiger partial charge on any atom is -0.352 e. The van der Waals surface area contributed by atoms with Crippen molar-refractivity contribution >= 4 is 23.6 Å². The first-order valence-electron chi connectivity index (χ1n) is 11.8. The van der Waals surface area contributed by atoms with Crippen LogP contribution in [0.4, 0.5) is 4.39 Å². The lowest BCUT2D eigenvalue weighted by atomic mass is 10.0. The maximum atomic E-state index is 13.6. The second kappa shape index (κ2) is 13.1. The first-order valence-corrected chi connectivity index (χ1v) is 13.0. The number of halogens is 1. The molecule has 0 bridgehead atoms. The quantitative estimate of drug-likeness (QED) is 0.383. The second-order valence-corrected chi connectivity index (χ2v) is 9.92. The van der Waals surface area contributed by atoms with Crippen molar-refractivity contribution < 1.29 is 14.0 Å². The molecular formula is C29H33FN2O2S. The van der Waals surface area contributed by atoms with Crippen molar-refractivity contribution in [2.75, 3.05) is 5.75 Å². The third-order valence-electron chi connectivity index (χ3n) is 5.71. The van der Waals surface area contributed by atoms with Gasteiger partial charge in [-0.15, -0.1) is 11.8 Å². The van der Waals surface area contributed by atoms with Crippen LogP contribution in [0.1, 0.15) is 36.1 Å². The standard InChI is InChI=1S/C29H33FN2O2S/c1-21(2)31-29(34)27(17-23-10-5-4-6-11-23)32(18-25-12-8-7-9-22(25)3)28(33)20-35-19-24-13-15-26(30)16-14-24/h4-16,21,27H,17-20H2,1-3H3,(H,31,34). The van der Waals surface area contributed by atoms with E-state index in [1.165, 1.54) is 23.9 Å². The number of nitrogens with zero attached hydrogens (tertiary/aromatic N) is 1. The van der Waals surface area contributed by atoms with Crippen LogP contribution in [0.5, 0.6) is 0 Å². The van der Waals surface area contributed by atoms with Crippen molar-refractivity contribution in [3.05, 3.63) is 107 Å². The van der Waals surface area contributed by atoms with Crippen molar-refractivity contribution in [2.45, 2.75) is 51.6 Å². The molecule has 0 radical (unpaired) electrons. The SMILES string of the molecule is Cc1ccccc1CN(C(=O)CSCc1ccc(F)cc1)C(Cc1ccccc1)C(=O)NC(C)C. The maximum Gasteiger partial charge on any atom is 0.243 e. The van der Waals surface area contributed by atoms with Gasteiger partial charge in [0.15, 0.2) is 0 Å². The molecular weight excluding hydrogens is 459 g/mol. The van der Waals surface area contributed by atoms with Crippen LogP contribution < -0.4 is 5.32 Å². The molecule has 4 nitrogen and oxygen atoms in total. The molecule has 0 saturated carbocycles. The fourth-order valence-corrected chi connectivity index (χ4v) is 4.70. The van der Waals surface area contributed by atoms with Crippen molar-refractivity contribution in [3.8, 4) is 0 Å². The van der Waals surface area contributed by atoms with Crippen LogP contribution in [0.3, 0.4) is 0 Å². The lowest BCUT2D eigenvalue weighted by Gasteiger charge is -2.32. The van der Waals surface area contributed by atoms with E-state index in [2.05, 4.69) is 5.32 Å². The molecule has 1 unspecified atom stereocenters. The average molecular weight is 493 g/mol. The molecule has 3 aromatic carbocycles. The normalized spacial score (nSPS) is 11.8. The molecule has 6 heteroatoms. The van der Waals surface area contributed by atoms with Gasteiger partial charge in [-0.2, -0.15) is 0 Å². The number of carbonyl (C=O) groups is 2. The number of rotatable bonds is 11. The van der Waals surface area contributed by atoms with E-state index in [-0.39, 0.29) is 29.4 Å². The topological polar surface area (TPSA) is 49.4 Å². The molecule has 0 aliphatic rings. The zero-order chi connectivity index (χ0) is 25.2. The van der Waals surface area contributed by atoms with Gasteiger partial charge in [0, 0.05) is 24.8 Å². The van der Waals surface area contributed by atoms with Crippen LogP contribution in [0, 0.1) is 12.7 Å². The average Bonchev–Trinajstić information content (AvgIpc) is 2.83. The molecule has 0 fully saturated rings. The molecule has 0 saturated heterocycles. The molecule has 0 aliphatic heterocycles. The Hall–Kier alpha value is -3.12. The van der Waals surface area contributed by atoms with E-state index in [0.717, 1.165) is 22.3 Å². The highest BCUT2D eigenvalue weighted by Crippen LogP contribution is 2.20. The van der Waals surface area contributed by atoms with Crippen LogP contribution in [0.15, 0.2) is 78.9 Å². The highest BCUT2D eigenvalue weighted by atomic mass is 32.2. The molecule has 0 heterocycles. The number of hydrogen-bond acceptors (Lipinski definition) is 3. The summed E-state index contributed by atoms with van der Waals surface area (Å²) in [4.78, 5) is 28.7.